The lowest BCUT2D eigenvalue weighted by atomic mass is 10.6. The van der Waals surface area contributed by atoms with Crippen LogP contribution in [0.15, 0.2) is 9.79 Å². The molecule has 0 atom stereocenters. The van der Waals surface area contributed by atoms with Crippen LogP contribution in [0.25, 0.3) is 10.3 Å². The Morgan fingerprint density at radius 1 is 1.50 bits per heavy atom. The highest BCUT2D eigenvalue weighted by Crippen LogP contribution is 2.23. The maximum Gasteiger partial charge on any atom is 0.306 e. The maximum atomic E-state index is 11.1. The van der Waals surface area contributed by atoms with Crippen molar-refractivity contribution in [3.63, 3.8) is 0 Å². The van der Waals surface area contributed by atoms with E-state index >= 15 is 0 Å². The second kappa shape index (κ2) is 4.18. The number of hydrogen-bond acceptors (Lipinski definition) is 5. The van der Waals surface area contributed by atoms with Gasteiger partial charge in [0.25, 0.3) is 5.95 Å². The lowest BCUT2D eigenvalue weighted by Gasteiger charge is -2.01. The molecule has 0 unspecified atom stereocenters. The number of nitrogens with zero attached hydrogens (tertiary/aromatic N) is 4. The van der Waals surface area contributed by atoms with Crippen LogP contribution >= 0.6 is 22.9 Å². The minimum Gasteiger partial charge on any atom is -0.369 e. The molecule has 0 bridgehead atoms. The summed E-state index contributed by atoms with van der Waals surface area (Å²) >= 11 is 6.89. The summed E-state index contributed by atoms with van der Waals surface area (Å²) in [5.74, 6) is 0.222. The Labute approximate surface area is 99.6 Å². The highest BCUT2D eigenvalue weighted by atomic mass is 35.5. The van der Waals surface area contributed by atoms with Gasteiger partial charge in [0.2, 0.25) is 0 Å². The highest BCUT2D eigenvalue weighted by Gasteiger charge is 2.08. The van der Waals surface area contributed by atoms with Crippen molar-refractivity contribution in [1.29, 1.82) is 0 Å². The maximum absolute atomic E-state index is 11.1. The summed E-state index contributed by atoms with van der Waals surface area (Å²) in [5, 5.41) is 0.235. The minimum atomic E-state index is -0.208. The molecule has 16 heavy (non-hydrogen) atoms. The monoisotopic (exact) mass is 257 g/mol. The Morgan fingerprint density at radius 2 is 2.25 bits per heavy atom. The van der Waals surface area contributed by atoms with E-state index in [1.165, 1.54) is 0 Å². The molecule has 2 aromatic heterocycles. The van der Waals surface area contributed by atoms with Gasteiger partial charge >= 0.3 is 4.87 Å². The largest absolute Gasteiger partial charge is 0.369 e. The van der Waals surface area contributed by atoms with Crippen LogP contribution in [0.1, 0.15) is 0 Å². The molecule has 6 nitrogen and oxygen atoms in total. The van der Waals surface area contributed by atoms with Crippen LogP contribution in [0.2, 0.25) is 5.15 Å². The fourth-order valence-corrected chi connectivity index (χ4v) is 1.96. The normalized spacial score (nSPS) is 11.4. The second-order valence-corrected chi connectivity index (χ2v) is 4.56. The van der Waals surface area contributed by atoms with Crippen LogP contribution in [0, 0.1) is 0 Å². The van der Waals surface area contributed by atoms with E-state index in [1.807, 2.05) is 14.1 Å². The van der Waals surface area contributed by atoms with Crippen LogP contribution in [0.3, 0.4) is 0 Å². The fraction of sp³-hybridized carbons (Fsp3) is 0.250. The molecular formula is C8H8ClN5OS. The average molecular weight is 258 g/mol. The smallest absolute Gasteiger partial charge is 0.306 e. The Balaban J connectivity index is 2.53. The molecule has 0 amide bonds. The number of rotatable bonds is 2. The summed E-state index contributed by atoms with van der Waals surface area (Å²) < 4.78 is 0.551. The Hall–Kier alpha value is -1.47. The van der Waals surface area contributed by atoms with Gasteiger partial charge in [-0.15, -0.1) is 0 Å². The van der Waals surface area contributed by atoms with Crippen LogP contribution in [-0.2, 0) is 0 Å². The van der Waals surface area contributed by atoms with Crippen molar-refractivity contribution < 1.29 is 0 Å². The van der Waals surface area contributed by atoms with Crippen molar-refractivity contribution in [2.45, 2.75) is 0 Å². The molecule has 84 valence electrons. The minimum absolute atomic E-state index is 0.208. The fourth-order valence-electron chi connectivity index (χ4n) is 1.03. The van der Waals surface area contributed by atoms with Gasteiger partial charge in [-0.25, -0.2) is 4.99 Å². The third kappa shape index (κ3) is 2.20. The summed E-state index contributed by atoms with van der Waals surface area (Å²) in [7, 11) is 3.66. The number of aromatic amines is 1. The van der Waals surface area contributed by atoms with E-state index in [0.29, 0.717) is 10.3 Å². The standard InChI is InChI=1S/C8H8ClN5OS/c1-14(2)3-10-7-11-5(9)4-6(12-7)13-8(15)16-4/h3H,1-2H3,(H,11,12,13,15). The van der Waals surface area contributed by atoms with Crippen LogP contribution < -0.4 is 4.87 Å². The van der Waals surface area contributed by atoms with Gasteiger partial charge in [0, 0.05) is 14.1 Å². The highest BCUT2D eigenvalue weighted by molar-refractivity contribution is 7.17. The first-order valence-electron chi connectivity index (χ1n) is 4.33. The molecule has 0 spiro atoms. The first-order valence-corrected chi connectivity index (χ1v) is 5.52. The summed E-state index contributed by atoms with van der Waals surface area (Å²) in [6.07, 6.45) is 1.56. The van der Waals surface area contributed by atoms with Crippen molar-refractivity contribution in [3.05, 3.63) is 14.8 Å². The molecule has 0 fully saturated rings. The lowest BCUT2D eigenvalue weighted by Crippen LogP contribution is -2.07. The molecule has 0 aliphatic carbocycles. The zero-order valence-electron chi connectivity index (χ0n) is 8.56. The predicted octanol–water partition coefficient (Wildman–Crippen LogP) is 1.25. The number of hydrogen-bond donors (Lipinski definition) is 1. The van der Waals surface area contributed by atoms with Gasteiger partial charge in [0.05, 0.1) is 6.34 Å². The molecule has 1 N–H and O–H groups in total. The van der Waals surface area contributed by atoms with Gasteiger partial charge in [0.15, 0.2) is 10.8 Å². The third-order valence-corrected chi connectivity index (χ3v) is 2.90. The molecule has 2 heterocycles. The van der Waals surface area contributed by atoms with Crippen molar-refractivity contribution in [2.24, 2.45) is 4.99 Å². The van der Waals surface area contributed by atoms with Gasteiger partial charge in [-0.05, 0) is 0 Å². The molecule has 0 radical (unpaired) electrons. The zero-order chi connectivity index (χ0) is 11.7. The van der Waals surface area contributed by atoms with E-state index in [2.05, 4.69) is 19.9 Å². The molecule has 0 aliphatic heterocycles. The second-order valence-electron chi connectivity index (χ2n) is 3.21. The molecule has 0 aliphatic rings. The van der Waals surface area contributed by atoms with E-state index < -0.39 is 0 Å². The van der Waals surface area contributed by atoms with E-state index in [4.69, 9.17) is 11.6 Å². The summed E-state index contributed by atoms with van der Waals surface area (Å²) in [5.41, 5.74) is 0.418. The van der Waals surface area contributed by atoms with E-state index in [-0.39, 0.29) is 16.0 Å². The van der Waals surface area contributed by atoms with Crippen molar-refractivity contribution in [1.82, 2.24) is 19.9 Å². The van der Waals surface area contributed by atoms with Crippen LogP contribution in [-0.4, -0.2) is 40.3 Å². The number of fused-ring (bicyclic) bond motifs is 1. The molecule has 0 saturated heterocycles. The topological polar surface area (TPSA) is 74.2 Å². The van der Waals surface area contributed by atoms with Crippen LogP contribution in [0.5, 0.6) is 0 Å². The van der Waals surface area contributed by atoms with Gasteiger partial charge in [-0.3, -0.25) is 9.78 Å². The van der Waals surface area contributed by atoms with E-state index in [1.54, 1.807) is 11.2 Å². The Morgan fingerprint density at radius 3 is 2.94 bits per heavy atom. The van der Waals surface area contributed by atoms with Crippen molar-refractivity contribution >= 4 is 45.6 Å². The van der Waals surface area contributed by atoms with Gasteiger partial charge in [-0.1, -0.05) is 22.9 Å². The van der Waals surface area contributed by atoms with Gasteiger partial charge in [-0.2, -0.15) is 9.97 Å². The van der Waals surface area contributed by atoms with Crippen molar-refractivity contribution in [3.8, 4) is 0 Å². The first kappa shape index (κ1) is 11.0. The SMILES string of the molecule is CN(C)C=Nc1nc(Cl)c2sc(=O)[nH]c2n1. The molecule has 0 saturated carbocycles. The van der Waals surface area contributed by atoms with Gasteiger partial charge in [0.1, 0.15) is 4.70 Å². The number of aromatic nitrogens is 3. The third-order valence-electron chi connectivity index (χ3n) is 1.63. The number of halogens is 1. The molecule has 2 aromatic rings. The molecule has 2 rings (SSSR count). The summed E-state index contributed by atoms with van der Waals surface area (Å²) in [6.45, 7) is 0. The zero-order valence-corrected chi connectivity index (χ0v) is 10.1. The van der Waals surface area contributed by atoms with E-state index in [0.717, 1.165) is 11.3 Å². The average Bonchev–Trinajstić information content (AvgIpc) is 2.56. The first-order chi connectivity index (χ1) is 7.56. The number of thiazole rings is 1. The lowest BCUT2D eigenvalue weighted by molar-refractivity contribution is 0.642. The van der Waals surface area contributed by atoms with Crippen LogP contribution in [0.4, 0.5) is 5.95 Å². The number of aliphatic imine (C=N–C) groups is 1. The Bertz CT molecular complexity index is 602. The quantitative estimate of drug-likeness (QED) is 0.499. The Kier molecular flexibility index (Phi) is 2.88. The van der Waals surface area contributed by atoms with Gasteiger partial charge < -0.3 is 4.90 Å². The molecule has 8 heteroatoms. The number of H-pyrrole nitrogens is 1. The summed E-state index contributed by atoms with van der Waals surface area (Å²) in [4.78, 5) is 27.2. The molecular weight excluding hydrogens is 250 g/mol. The van der Waals surface area contributed by atoms with E-state index in [9.17, 15) is 4.79 Å². The molecule has 0 aromatic carbocycles. The predicted molar refractivity (Wildman–Crippen MR) is 64.9 cm³/mol. The summed E-state index contributed by atoms with van der Waals surface area (Å²) in [6, 6.07) is 0. The number of nitrogens with one attached hydrogen (secondary N) is 1. The van der Waals surface area contributed by atoms with Crippen molar-refractivity contribution in [2.75, 3.05) is 14.1 Å².